The van der Waals surface area contributed by atoms with Gasteiger partial charge in [-0.25, -0.2) is 9.97 Å². The highest BCUT2D eigenvalue weighted by atomic mass is 16.5. The topological polar surface area (TPSA) is 90.7 Å². The van der Waals surface area contributed by atoms with Gasteiger partial charge in [0.15, 0.2) is 0 Å². The van der Waals surface area contributed by atoms with Crippen molar-refractivity contribution in [1.29, 1.82) is 0 Å². The van der Waals surface area contributed by atoms with Crippen LogP contribution in [0.5, 0.6) is 5.75 Å². The van der Waals surface area contributed by atoms with Crippen molar-refractivity contribution in [1.82, 2.24) is 19.7 Å². The predicted octanol–water partition coefficient (Wildman–Crippen LogP) is 2.63. The van der Waals surface area contributed by atoms with E-state index in [2.05, 4.69) is 31.8 Å². The summed E-state index contributed by atoms with van der Waals surface area (Å²) in [6, 6.07) is 1.78. The smallest absolute Gasteiger partial charge is 0.247 e. The molecule has 0 saturated carbocycles. The second-order valence-electron chi connectivity index (χ2n) is 5.05. The minimum atomic E-state index is 0.335. The molecule has 3 heterocycles. The lowest BCUT2D eigenvalue weighted by Gasteiger charge is -2.03. The summed E-state index contributed by atoms with van der Waals surface area (Å²) in [4.78, 5) is 16.4. The molecule has 8 heteroatoms. The van der Waals surface area contributed by atoms with Gasteiger partial charge in [0, 0.05) is 31.7 Å². The number of oxazole rings is 1. The number of aryl methyl sites for hydroxylation is 1. The second kappa shape index (κ2) is 6.86. The van der Waals surface area contributed by atoms with Crippen molar-refractivity contribution >= 4 is 23.7 Å². The molecule has 8 nitrogen and oxygen atoms in total. The van der Waals surface area contributed by atoms with Gasteiger partial charge >= 0.3 is 0 Å². The van der Waals surface area contributed by atoms with E-state index in [4.69, 9.17) is 9.15 Å². The first-order chi connectivity index (χ1) is 11.7. The quantitative estimate of drug-likeness (QED) is 0.650. The maximum atomic E-state index is 5.65. The van der Waals surface area contributed by atoms with Crippen LogP contribution in [-0.4, -0.2) is 38.8 Å². The van der Waals surface area contributed by atoms with Gasteiger partial charge in [-0.2, -0.15) is 5.10 Å². The van der Waals surface area contributed by atoms with Crippen molar-refractivity contribution in [2.45, 2.75) is 6.92 Å². The number of rotatable bonds is 6. The van der Waals surface area contributed by atoms with Crippen LogP contribution in [0, 0.1) is 0 Å². The molecule has 0 radical (unpaired) electrons. The first kappa shape index (κ1) is 15.6. The molecule has 3 aromatic rings. The predicted molar refractivity (Wildman–Crippen MR) is 91.3 cm³/mol. The number of hydrogen-bond donors (Lipinski definition) is 0. The number of nitrogens with zero attached hydrogens (tertiary/aromatic N) is 6. The van der Waals surface area contributed by atoms with E-state index in [1.54, 1.807) is 29.3 Å². The molecule has 0 saturated heterocycles. The molecule has 0 aliphatic rings. The van der Waals surface area contributed by atoms with Gasteiger partial charge in [0.05, 0.1) is 23.7 Å². The zero-order valence-corrected chi connectivity index (χ0v) is 13.4. The van der Waals surface area contributed by atoms with Crippen LogP contribution in [0.25, 0.3) is 22.7 Å². The van der Waals surface area contributed by atoms with E-state index in [0.29, 0.717) is 29.5 Å². The first-order valence-electron chi connectivity index (χ1n) is 7.18. The number of pyridine rings is 1. The first-order valence-corrected chi connectivity index (χ1v) is 7.18. The van der Waals surface area contributed by atoms with E-state index in [1.807, 2.05) is 20.2 Å². The van der Waals surface area contributed by atoms with Crippen LogP contribution in [-0.2, 0) is 7.05 Å². The summed E-state index contributed by atoms with van der Waals surface area (Å²) in [6.07, 6.45) is 8.17. The minimum Gasteiger partial charge on any atom is -0.486 e. The Morgan fingerprint density at radius 3 is 3.04 bits per heavy atom. The van der Waals surface area contributed by atoms with Crippen molar-refractivity contribution < 1.29 is 9.15 Å². The monoisotopic (exact) mass is 324 g/mol. The van der Waals surface area contributed by atoms with Gasteiger partial charge in [-0.15, -0.1) is 0 Å². The van der Waals surface area contributed by atoms with Crippen molar-refractivity contribution in [2.24, 2.45) is 17.0 Å². The zero-order valence-electron chi connectivity index (χ0n) is 13.4. The van der Waals surface area contributed by atoms with Crippen LogP contribution in [0.15, 0.2) is 51.5 Å². The summed E-state index contributed by atoms with van der Waals surface area (Å²) in [5.41, 5.74) is 2.66. The SMILES string of the molecule is C=N/C=C\N=C(C)COc1cnc2oc(-c3cnn(C)c3)nc2c1. The van der Waals surface area contributed by atoms with Gasteiger partial charge < -0.3 is 9.15 Å². The van der Waals surface area contributed by atoms with Crippen LogP contribution < -0.4 is 4.74 Å². The van der Waals surface area contributed by atoms with E-state index >= 15 is 0 Å². The fourth-order valence-corrected chi connectivity index (χ4v) is 1.97. The molecule has 0 bridgehead atoms. The standard InChI is InChI=1S/C16H16N6O2/c1-11(18-5-4-17-2)10-23-13-6-14-16(19-8-13)24-15(21-14)12-7-20-22(3)9-12/h4-9H,2,10H2,1,3H3/b5-4-,18-11?. The molecule has 122 valence electrons. The lowest BCUT2D eigenvalue weighted by atomic mass is 10.4. The van der Waals surface area contributed by atoms with E-state index in [1.165, 1.54) is 6.20 Å². The summed E-state index contributed by atoms with van der Waals surface area (Å²) in [6.45, 7) is 5.53. The van der Waals surface area contributed by atoms with Crippen molar-refractivity contribution in [2.75, 3.05) is 6.61 Å². The van der Waals surface area contributed by atoms with E-state index in [0.717, 1.165) is 11.3 Å². The van der Waals surface area contributed by atoms with Crippen LogP contribution in [0.4, 0.5) is 0 Å². The Kier molecular flexibility index (Phi) is 4.46. The molecule has 24 heavy (non-hydrogen) atoms. The fraction of sp³-hybridized carbons (Fsp3) is 0.188. The second-order valence-corrected chi connectivity index (χ2v) is 5.05. The molecule has 0 fully saturated rings. The number of ether oxygens (including phenoxy) is 1. The Balaban J connectivity index is 1.75. The molecule has 0 aliphatic carbocycles. The molecule has 0 unspecified atom stereocenters. The van der Waals surface area contributed by atoms with E-state index < -0.39 is 0 Å². The van der Waals surface area contributed by atoms with Crippen molar-refractivity contribution in [3.05, 3.63) is 37.1 Å². The maximum Gasteiger partial charge on any atom is 0.247 e. The molecule has 0 spiro atoms. The molecule has 0 N–H and O–H groups in total. The number of aromatic nitrogens is 4. The number of aliphatic imine (C=N–C) groups is 2. The molecule has 0 aromatic carbocycles. The molecular formula is C16H16N6O2. The van der Waals surface area contributed by atoms with Crippen LogP contribution in [0.3, 0.4) is 0 Å². The highest BCUT2D eigenvalue weighted by Crippen LogP contribution is 2.24. The molecule has 3 aromatic heterocycles. The molecule has 3 rings (SSSR count). The lowest BCUT2D eigenvalue weighted by Crippen LogP contribution is -2.07. The van der Waals surface area contributed by atoms with E-state index in [-0.39, 0.29) is 0 Å². The normalized spacial score (nSPS) is 12.2. The van der Waals surface area contributed by atoms with E-state index in [9.17, 15) is 0 Å². The summed E-state index contributed by atoms with van der Waals surface area (Å²) >= 11 is 0. The minimum absolute atomic E-state index is 0.335. The van der Waals surface area contributed by atoms with Crippen LogP contribution >= 0.6 is 0 Å². The summed E-state index contributed by atoms with van der Waals surface area (Å²) in [5.74, 6) is 1.07. The molecule has 0 amide bonds. The average molecular weight is 324 g/mol. The fourth-order valence-electron chi connectivity index (χ4n) is 1.97. The third kappa shape index (κ3) is 3.54. The molecule has 0 aliphatic heterocycles. The van der Waals surface area contributed by atoms with Crippen LogP contribution in [0.2, 0.25) is 0 Å². The summed E-state index contributed by atoms with van der Waals surface area (Å²) in [7, 11) is 1.83. The Hall–Kier alpha value is -3.29. The van der Waals surface area contributed by atoms with Crippen molar-refractivity contribution in [3.63, 3.8) is 0 Å². The van der Waals surface area contributed by atoms with Crippen molar-refractivity contribution in [3.8, 4) is 17.2 Å². The van der Waals surface area contributed by atoms with Crippen LogP contribution in [0.1, 0.15) is 6.92 Å². The summed E-state index contributed by atoms with van der Waals surface area (Å²) in [5, 5.41) is 4.10. The Bertz CT molecular complexity index is 922. The Morgan fingerprint density at radius 1 is 1.42 bits per heavy atom. The highest BCUT2D eigenvalue weighted by molar-refractivity contribution is 5.84. The third-order valence-corrected chi connectivity index (χ3v) is 3.09. The van der Waals surface area contributed by atoms with Gasteiger partial charge in [-0.3, -0.25) is 14.7 Å². The zero-order chi connectivity index (χ0) is 16.9. The van der Waals surface area contributed by atoms with Gasteiger partial charge in [0.25, 0.3) is 0 Å². The van der Waals surface area contributed by atoms with Gasteiger partial charge in [-0.05, 0) is 13.6 Å². The third-order valence-electron chi connectivity index (χ3n) is 3.09. The van der Waals surface area contributed by atoms with Gasteiger partial charge in [-0.1, -0.05) is 0 Å². The summed E-state index contributed by atoms with van der Waals surface area (Å²) < 4.78 is 13.0. The Labute approximate surface area is 138 Å². The molecule has 0 atom stereocenters. The maximum absolute atomic E-state index is 5.65. The number of fused-ring (bicyclic) bond motifs is 1. The number of hydrogen-bond acceptors (Lipinski definition) is 7. The highest BCUT2D eigenvalue weighted by Gasteiger charge is 2.11. The lowest BCUT2D eigenvalue weighted by molar-refractivity contribution is 0.374. The average Bonchev–Trinajstić information content (AvgIpc) is 3.18. The Morgan fingerprint density at radius 2 is 2.29 bits per heavy atom. The van der Waals surface area contributed by atoms with Gasteiger partial charge in [0.2, 0.25) is 11.6 Å². The van der Waals surface area contributed by atoms with Gasteiger partial charge in [0.1, 0.15) is 17.9 Å². The largest absolute Gasteiger partial charge is 0.486 e. The molecular weight excluding hydrogens is 308 g/mol.